The highest BCUT2D eigenvalue weighted by Crippen LogP contribution is 2.19. The molecule has 0 saturated heterocycles. The third-order valence-electron chi connectivity index (χ3n) is 3.67. The number of hydrogen-bond donors (Lipinski definition) is 2. The van der Waals surface area contributed by atoms with E-state index in [1.54, 1.807) is 5.32 Å². The molecule has 0 atom stereocenters. The summed E-state index contributed by atoms with van der Waals surface area (Å²) < 4.78 is 61.3. The molecule has 0 spiro atoms. The minimum Gasteiger partial charge on any atom is -0.343 e. The summed E-state index contributed by atoms with van der Waals surface area (Å²) in [6.45, 7) is -1.52. The van der Waals surface area contributed by atoms with Crippen LogP contribution in [0.5, 0.6) is 0 Å². The zero-order valence-electron chi connectivity index (χ0n) is 14.8. The first-order chi connectivity index (χ1) is 13.5. The summed E-state index contributed by atoms with van der Waals surface area (Å²) in [6.07, 6.45) is -4.99. The molecule has 0 aliphatic rings. The van der Waals surface area contributed by atoms with Gasteiger partial charge < -0.3 is 10.6 Å². The second kappa shape index (κ2) is 9.27. The summed E-state index contributed by atoms with van der Waals surface area (Å²) >= 11 is 5.71. The van der Waals surface area contributed by atoms with E-state index in [2.05, 4.69) is 5.32 Å². The minimum absolute atomic E-state index is 0.00151. The first-order valence-corrected chi connectivity index (χ1v) is 10.2. The van der Waals surface area contributed by atoms with Crippen LogP contribution in [0, 0.1) is 0 Å². The Kier molecular flexibility index (Phi) is 7.26. The summed E-state index contributed by atoms with van der Waals surface area (Å²) in [7, 11) is -3.74. The van der Waals surface area contributed by atoms with E-state index in [1.165, 1.54) is 48.5 Å². The van der Waals surface area contributed by atoms with Gasteiger partial charge in [0.05, 0.1) is 21.9 Å². The Balaban J connectivity index is 2.02. The molecule has 0 saturated carbocycles. The molecule has 0 aliphatic heterocycles. The second-order valence-electron chi connectivity index (χ2n) is 5.91. The smallest absolute Gasteiger partial charge is 0.343 e. The number of nitrogens with one attached hydrogen (secondary N) is 2. The molecule has 2 aromatic carbocycles. The number of carbonyl (C=O) groups is 2. The van der Waals surface area contributed by atoms with Crippen molar-refractivity contribution in [2.24, 2.45) is 0 Å². The fraction of sp³-hybridized carbons (Fsp3) is 0.222. The Morgan fingerprint density at radius 2 is 1.62 bits per heavy atom. The fourth-order valence-electron chi connectivity index (χ4n) is 2.27. The maximum Gasteiger partial charge on any atom is 0.405 e. The molecule has 0 aromatic heterocycles. The molecule has 2 rings (SSSR count). The van der Waals surface area contributed by atoms with Crippen molar-refractivity contribution in [3.63, 3.8) is 0 Å². The summed E-state index contributed by atoms with van der Waals surface area (Å²) in [5.74, 6) is -2.23. The van der Waals surface area contributed by atoms with Crippen LogP contribution >= 0.6 is 11.6 Å². The van der Waals surface area contributed by atoms with E-state index in [1.807, 2.05) is 0 Å². The number of alkyl halides is 3. The van der Waals surface area contributed by atoms with Gasteiger partial charge >= 0.3 is 6.18 Å². The molecular formula is C18H16ClF3N2O4S. The monoisotopic (exact) mass is 448 g/mol. The van der Waals surface area contributed by atoms with Gasteiger partial charge in [0.15, 0.2) is 9.84 Å². The van der Waals surface area contributed by atoms with Crippen molar-refractivity contribution in [3.8, 4) is 0 Å². The Labute approximate surface area is 170 Å². The third kappa shape index (κ3) is 7.06. The lowest BCUT2D eigenvalue weighted by molar-refractivity contribution is -0.123. The van der Waals surface area contributed by atoms with Gasteiger partial charge in [-0.2, -0.15) is 13.2 Å². The molecule has 156 valence electrons. The molecule has 0 aliphatic carbocycles. The number of halogens is 4. The lowest BCUT2D eigenvalue weighted by Crippen LogP contribution is -2.34. The molecule has 6 nitrogen and oxygen atoms in total. The van der Waals surface area contributed by atoms with Crippen LogP contribution in [-0.2, 0) is 14.6 Å². The average molecular weight is 449 g/mol. The van der Waals surface area contributed by atoms with Gasteiger partial charge in [-0.15, -0.1) is 0 Å². The predicted molar refractivity (Wildman–Crippen MR) is 102 cm³/mol. The topological polar surface area (TPSA) is 92.3 Å². The van der Waals surface area contributed by atoms with Crippen LogP contribution in [0.4, 0.5) is 18.9 Å². The van der Waals surface area contributed by atoms with Gasteiger partial charge in [-0.25, -0.2) is 8.42 Å². The summed E-state index contributed by atoms with van der Waals surface area (Å²) in [5, 5.41) is 4.43. The van der Waals surface area contributed by atoms with Crippen LogP contribution in [0.15, 0.2) is 53.4 Å². The van der Waals surface area contributed by atoms with Crippen LogP contribution in [0.2, 0.25) is 5.02 Å². The van der Waals surface area contributed by atoms with Crippen LogP contribution in [-0.4, -0.2) is 38.7 Å². The number of sulfone groups is 1. The lowest BCUT2D eigenvalue weighted by Gasteiger charge is -2.12. The molecule has 0 unspecified atom stereocenters. The van der Waals surface area contributed by atoms with Crippen molar-refractivity contribution in [1.29, 1.82) is 0 Å². The van der Waals surface area contributed by atoms with Gasteiger partial charge in [0, 0.05) is 11.4 Å². The molecule has 2 aromatic rings. The fourth-order valence-corrected chi connectivity index (χ4v) is 3.63. The second-order valence-corrected chi connectivity index (χ2v) is 8.46. The summed E-state index contributed by atoms with van der Waals surface area (Å²) in [4.78, 5) is 24.1. The molecule has 2 N–H and O–H groups in total. The Morgan fingerprint density at radius 1 is 1.00 bits per heavy atom. The summed E-state index contributed by atoms with van der Waals surface area (Å²) in [6, 6.07) is 10.9. The average Bonchev–Trinajstić information content (AvgIpc) is 2.65. The van der Waals surface area contributed by atoms with Crippen LogP contribution in [0.3, 0.4) is 0 Å². The zero-order valence-corrected chi connectivity index (χ0v) is 16.4. The van der Waals surface area contributed by atoms with Crippen molar-refractivity contribution >= 4 is 38.9 Å². The third-order valence-corrected chi connectivity index (χ3v) is 5.65. The highest BCUT2D eigenvalue weighted by molar-refractivity contribution is 7.91. The number of carbonyl (C=O) groups excluding carboxylic acids is 2. The van der Waals surface area contributed by atoms with Crippen LogP contribution < -0.4 is 10.6 Å². The van der Waals surface area contributed by atoms with E-state index < -0.39 is 46.5 Å². The Bertz CT molecular complexity index is 993. The predicted octanol–water partition coefficient (Wildman–Crippen LogP) is 3.43. The van der Waals surface area contributed by atoms with Gasteiger partial charge in [-0.05, 0) is 36.4 Å². The summed E-state index contributed by atoms with van der Waals surface area (Å²) in [5.41, 5.74) is -0.202. The number of rotatable bonds is 7. The van der Waals surface area contributed by atoms with E-state index in [9.17, 15) is 31.2 Å². The first-order valence-electron chi connectivity index (χ1n) is 8.20. The zero-order chi connectivity index (χ0) is 21.7. The quantitative estimate of drug-likeness (QED) is 0.678. The first kappa shape index (κ1) is 22.7. The Morgan fingerprint density at radius 3 is 2.24 bits per heavy atom. The van der Waals surface area contributed by atoms with Crippen LogP contribution in [0.25, 0.3) is 0 Å². The van der Waals surface area contributed by atoms with Crippen molar-refractivity contribution in [2.45, 2.75) is 17.5 Å². The number of para-hydroxylation sites is 1. The van der Waals surface area contributed by atoms with Crippen molar-refractivity contribution < 1.29 is 31.2 Å². The molecule has 0 heterocycles. The number of anilines is 1. The maximum atomic E-state index is 12.3. The molecule has 0 fully saturated rings. The van der Waals surface area contributed by atoms with E-state index in [0.29, 0.717) is 5.02 Å². The maximum absolute atomic E-state index is 12.3. The van der Waals surface area contributed by atoms with E-state index in [-0.39, 0.29) is 16.1 Å². The molecule has 29 heavy (non-hydrogen) atoms. The normalized spacial score (nSPS) is 11.7. The van der Waals surface area contributed by atoms with Crippen molar-refractivity contribution in [2.75, 3.05) is 17.6 Å². The van der Waals surface area contributed by atoms with E-state index in [4.69, 9.17) is 11.6 Å². The Hall–Kier alpha value is -2.59. The van der Waals surface area contributed by atoms with Crippen molar-refractivity contribution in [3.05, 3.63) is 59.1 Å². The minimum atomic E-state index is -4.58. The number of amides is 2. The van der Waals surface area contributed by atoms with Crippen molar-refractivity contribution in [1.82, 2.24) is 5.32 Å². The molecular weight excluding hydrogens is 433 g/mol. The molecule has 2 amide bonds. The molecule has 0 radical (unpaired) electrons. The van der Waals surface area contributed by atoms with Gasteiger partial charge in [-0.3, -0.25) is 9.59 Å². The SMILES string of the molecule is O=C(CCS(=O)(=O)c1ccc(Cl)cc1)Nc1ccccc1C(=O)NCC(F)(F)F. The molecule has 11 heteroatoms. The van der Waals surface area contributed by atoms with Gasteiger partial charge in [0.1, 0.15) is 6.54 Å². The highest BCUT2D eigenvalue weighted by atomic mass is 35.5. The van der Waals surface area contributed by atoms with Gasteiger partial charge in [0.2, 0.25) is 5.91 Å². The standard InChI is InChI=1S/C18H16ClF3N2O4S/c19-12-5-7-13(8-6-12)29(27,28)10-9-16(25)24-15-4-2-1-3-14(15)17(26)23-11-18(20,21)22/h1-8H,9-11H2,(H,23,26)(H,24,25). The van der Waals surface area contributed by atoms with E-state index >= 15 is 0 Å². The van der Waals surface area contributed by atoms with Gasteiger partial charge in [-0.1, -0.05) is 23.7 Å². The lowest BCUT2D eigenvalue weighted by atomic mass is 10.1. The van der Waals surface area contributed by atoms with Gasteiger partial charge in [0.25, 0.3) is 5.91 Å². The largest absolute Gasteiger partial charge is 0.405 e. The number of benzene rings is 2. The molecule has 0 bridgehead atoms. The van der Waals surface area contributed by atoms with Crippen LogP contribution in [0.1, 0.15) is 16.8 Å². The number of hydrogen-bond acceptors (Lipinski definition) is 4. The highest BCUT2D eigenvalue weighted by Gasteiger charge is 2.28. The van der Waals surface area contributed by atoms with E-state index in [0.717, 1.165) is 0 Å².